The molecule has 1 N–H and O–H groups in total. The van der Waals surface area contributed by atoms with Crippen LogP contribution in [0, 0.1) is 5.82 Å². The van der Waals surface area contributed by atoms with E-state index in [1.165, 1.54) is 24.3 Å². The van der Waals surface area contributed by atoms with E-state index in [-0.39, 0.29) is 22.7 Å². The summed E-state index contributed by atoms with van der Waals surface area (Å²) in [4.78, 5) is 23.4. The zero-order valence-corrected chi connectivity index (χ0v) is 12.4. The number of hydrogen-bond acceptors (Lipinski definition) is 5. The van der Waals surface area contributed by atoms with Gasteiger partial charge in [0.2, 0.25) is 0 Å². The van der Waals surface area contributed by atoms with E-state index in [2.05, 4.69) is 14.8 Å². The van der Waals surface area contributed by atoms with Gasteiger partial charge in [-0.05, 0) is 30.3 Å². The number of rotatable bonds is 4. The number of nitrogens with one attached hydrogen (secondary N) is 1. The van der Waals surface area contributed by atoms with Gasteiger partial charge in [0.25, 0.3) is 5.91 Å². The molecule has 0 fully saturated rings. The lowest BCUT2D eigenvalue weighted by molar-refractivity contribution is -0.286. The fourth-order valence-corrected chi connectivity index (χ4v) is 2.05. The van der Waals surface area contributed by atoms with Crippen molar-refractivity contribution in [1.29, 1.82) is 0 Å². The van der Waals surface area contributed by atoms with E-state index in [1.807, 2.05) is 0 Å². The smallest absolute Gasteiger partial charge is 0.452 e. The van der Waals surface area contributed by atoms with E-state index in [1.54, 1.807) is 0 Å². The quantitative estimate of drug-likeness (QED) is 0.856. The van der Waals surface area contributed by atoms with E-state index >= 15 is 0 Å². The van der Waals surface area contributed by atoms with E-state index < -0.39 is 30.6 Å². The number of carbonyl (C=O) groups is 2. The fourth-order valence-electron chi connectivity index (χ4n) is 2.05. The Bertz CT molecular complexity index is 840. The molecule has 130 valence electrons. The van der Waals surface area contributed by atoms with Crippen LogP contribution in [0.2, 0.25) is 0 Å². The van der Waals surface area contributed by atoms with Crippen LogP contribution in [-0.2, 0) is 9.53 Å². The number of fused-ring (bicyclic) bond motifs is 1. The topological polar surface area (TPSA) is 73.9 Å². The maximum absolute atomic E-state index is 13.0. The number of anilines is 1. The summed E-state index contributed by atoms with van der Waals surface area (Å²) >= 11 is 0. The highest BCUT2D eigenvalue weighted by molar-refractivity contribution is 5.95. The SMILES string of the molecule is O=C(COC(=O)c1cccc(F)c1)Nc1ccc2c(c1)OC(F)(F)O2. The van der Waals surface area contributed by atoms with Crippen molar-refractivity contribution >= 4 is 17.6 Å². The minimum atomic E-state index is -3.76. The molecule has 1 aliphatic rings. The molecule has 0 atom stereocenters. The highest BCUT2D eigenvalue weighted by Gasteiger charge is 2.43. The van der Waals surface area contributed by atoms with Crippen molar-refractivity contribution in [3.05, 3.63) is 53.8 Å². The summed E-state index contributed by atoms with van der Waals surface area (Å²) in [5.41, 5.74) is 0.102. The van der Waals surface area contributed by atoms with Gasteiger partial charge in [-0.1, -0.05) is 6.07 Å². The molecule has 1 heterocycles. The van der Waals surface area contributed by atoms with Crippen LogP contribution in [0.4, 0.5) is 18.9 Å². The third-order valence-corrected chi connectivity index (χ3v) is 3.08. The number of carbonyl (C=O) groups excluding carboxylic acids is 2. The Labute approximate surface area is 139 Å². The number of halogens is 3. The lowest BCUT2D eigenvalue weighted by Crippen LogP contribution is -2.25. The first-order chi connectivity index (χ1) is 11.8. The highest BCUT2D eigenvalue weighted by atomic mass is 19.3. The van der Waals surface area contributed by atoms with Crippen molar-refractivity contribution in [3.63, 3.8) is 0 Å². The lowest BCUT2D eigenvalue weighted by atomic mass is 10.2. The maximum atomic E-state index is 13.0. The minimum Gasteiger partial charge on any atom is -0.452 e. The largest absolute Gasteiger partial charge is 0.586 e. The Morgan fingerprint density at radius 1 is 1.08 bits per heavy atom. The van der Waals surface area contributed by atoms with Gasteiger partial charge in [0.05, 0.1) is 5.56 Å². The molecule has 0 aromatic heterocycles. The Hall–Kier alpha value is -3.23. The molecule has 9 heteroatoms. The third kappa shape index (κ3) is 4.00. The van der Waals surface area contributed by atoms with Gasteiger partial charge < -0.3 is 19.5 Å². The van der Waals surface area contributed by atoms with Crippen LogP contribution in [0.1, 0.15) is 10.4 Å². The van der Waals surface area contributed by atoms with Crippen LogP contribution in [-0.4, -0.2) is 24.8 Å². The summed E-state index contributed by atoms with van der Waals surface area (Å²) in [6.07, 6.45) is -3.76. The van der Waals surface area contributed by atoms with Gasteiger partial charge in [-0.15, -0.1) is 8.78 Å². The van der Waals surface area contributed by atoms with Gasteiger partial charge in [0.15, 0.2) is 18.1 Å². The molecular weight excluding hydrogens is 343 g/mol. The Kier molecular flexibility index (Phi) is 4.22. The van der Waals surface area contributed by atoms with Crippen molar-refractivity contribution < 1.29 is 37.0 Å². The summed E-state index contributed by atoms with van der Waals surface area (Å²) < 4.78 is 52.1. The summed E-state index contributed by atoms with van der Waals surface area (Å²) in [6, 6.07) is 8.45. The van der Waals surface area contributed by atoms with Crippen LogP contribution in [0.5, 0.6) is 11.5 Å². The Balaban J connectivity index is 1.56. The molecule has 0 radical (unpaired) electrons. The van der Waals surface area contributed by atoms with Crippen LogP contribution in [0.25, 0.3) is 0 Å². The monoisotopic (exact) mass is 353 g/mol. The van der Waals surface area contributed by atoms with Crippen molar-refractivity contribution in [1.82, 2.24) is 0 Å². The second-order valence-corrected chi connectivity index (χ2v) is 4.96. The molecule has 25 heavy (non-hydrogen) atoms. The molecule has 0 saturated carbocycles. The first-order valence-electron chi connectivity index (χ1n) is 6.95. The number of hydrogen-bond donors (Lipinski definition) is 1. The minimum absolute atomic E-state index is 0.0434. The molecule has 1 aliphatic heterocycles. The number of amides is 1. The average molecular weight is 353 g/mol. The first kappa shape index (κ1) is 16.6. The predicted molar refractivity (Wildman–Crippen MR) is 78.0 cm³/mol. The van der Waals surface area contributed by atoms with E-state index in [0.29, 0.717) is 0 Å². The van der Waals surface area contributed by atoms with Gasteiger partial charge in [-0.25, -0.2) is 9.18 Å². The molecule has 2 aromatic carbocycles. The van der Waals surface area contributed by atoms with Crippen LogP contribution in [0.15, 0.2) is 42.5 Å². The number of alkyl halides is 2. The number of benzene rings is 2. The third-order valence-electron chi connectivity index (χ3n) is 3.08. The molecule has 0 saturated heterocycles. The zero-order valence-electron chi connectivity index (χ0n) is 12.4. The molecular formula is C16H10F3NO5. The second-order valence-electron chi connectivity index (χ2n) is 4.96. The first-order valence-corrected chi connectivity index (χ1v) is 6.95. The summed E-state index contributed by atoms with van der Waals surface area (Å²) in [5.74, 6) is -2.61. The highest BCUT2D eigenvalue weighted by Crippen LogP contribution is 2.42. The van der Waals surface area contributed by atoms with Crippen LogP contribution >= 0.6 is 0 Å². The number of ether oxygens (including phenoxy) is 3. The van der Waals surface area contributed by atoms with Gasteiger partial charge in [-0.3, -0.25) is 4.79 Å². The Morgan fingerprint density at radius 2 is 1.84 bits per heavy atom. The van der Waals surface area contributed by atoms with Gasteiger partial charge in [-0.2, -0.15) is 0 Å². The summed E-state index contributed by atoms with van der Waals surface area (Å²) in [7, 11) is 0. The fraction of sp³-hybridized carbons (Fsp3) is 0.125. The molecule has 3 rings (SSSR count). The van der Waals surface area contributed by atoms with E-state index in [9.17, 15) is 22.8 Å². The van der Waals surface area contributed by atoms with Crippen molar-refractivity contribution in [3.8, 4) is 11.5 Å². The van der Waals surface area contributed by atoms with Gasteiger partial charge in [0, 0.05) is 11.8 Å². The van der Waals surface area contributed by atoms with E-state index in [0.717, 1.165) is 18.2 Å². The van der Waals surface area contributed by atoms with Crippen molar-refractivity contribution in [2.45, 2.75) is 6.29 Å². The van der Waals surface area contributed by atoms with Gasteiger partial charge in [0.1, 0.15) is 5.82 Å². The summed E-state index contributed by atoms with van der Waals surface area (Å²) in [5, 5.41) is 2.35. The molecule has 0 bridgehead atoms. The molecule has 0 unspecified atom stereocenters. The standard InChI is InChI=1S/C16H10F3NO5/c17-10-3-1-2-9(6-10)15(22)23-8-14(21)20-11-4-5-12-13(7-11)25-16(18,19)24-12/h1-7H,8H2,(H,20,21). The maximum Gasteiger partial charge on any atom is 0.586 e. The van der Waals surface area contributed by atoms with Crippen molar-refractivity contribution in [2.75, 3.05) is 11.9 Å². The average Bonchev–Trinajstić information content (AvgIpc) is 2.85. The molecule has 1 amide bonds. The second kappa shape index (κ2) is 6.34. The predicted octanol–water partition coefficient (Wildman–Crippen LogP) is 2.94. The number of esters is 1. The zero-order chi connectivity index (χ0) is 18.0. The summed E-state index contributed by atoms with van der Waals surface area (Å²) in [6.45, 7) is -0.639. The molecule has 2 aromatic rings. The van der Waals surface area contributed by atoms with Gasteiger partial charge >= 0.3 is 12.3 Å². The van der Waals surface area contributed by atoms with E-state index in [4.69, 9.17) is 4.74 Å². The molecule has 6 nitrogen and oxygen atoms in total. The van der Waals surface area contributed by atoms with Crippen LogP contribution < -0.4 is 14.8 Å². The Morgan fingerprint density at radius 3 is 2.60 bits per heavy atom. The molecule has 0 aliphatic carbocycles. The normalized spacial score (nSPS) is 14.0. The lowest BCUT2D eigenvalue weighted by Gasteiger charge is -2.07. The van der Waals surface area contributed by atoms with Crippen LogP contribution in [0.3, 0.4) is 0 Å². The van der Waals surface area contributed by atoms with Crippen molar-refractivity contribution in [2.24, 2.45) is 0 Å². The molecule has 0 spiro atoms.